The van der Waals surface area contributed by atoms with E-state index in [2.05, 4.69) is 31.3 Å². The van der Waals surface area contributed by atoms with Crippen LogP contribution in [0.25, 0.3) is 11.0 Å². The topological polar surface area (TPSA) is 59.8 Å². The van der Waals surface area contributed by atoms with Gasteiger partial charge in [0.1, 0.15) is 4.88 Å². The lowest BCUT2D eigenvalue weighted by molar-refractivity contribution is 0.103. The number of hydrogen-bond donors (Lipinski definition) is 1. The van der Waals surface area contributed by atoms with Crippen molar-refractivity contribution in [2.24, 2.45) is 7.05 Å². The highest BCUT2D eigenvalue weighted by atomic mass is 79.9. The van der Waals surface area contributed by atoms with E-state index in [1.54, 1.807) is 10.9 Å². The highest BCUT2D eigenvalue weighted by Gasteiger charge is 2.13. The van der Waals surface area contributed by atoms with Crippen LogP contribution in [0, 0.1) is 6.92 Å². The third-order valence-corrected chi connectivity index (χ3v) is 4.78. The van der Waals surface area contributed by atoms with Crippen LogP contribution in [0.2, 0.25) is 0 Å². The van der Waals surface area contributed by atoms with Gasteiger partial charge in [0.15, 0.2) is 5.65 Å². The van der Waals surface area contributed by atoms with Gasteiger partial charge in [0.05, 0.1) is 17.6 Å². The monoisotopic (exact) mass is 350 g/mol. The summed E-state index contributed by atoms with van der Waals surface area (Å²) in [5.74, 6) is -0.144. The van der Waals surface area contributed by atoms with Crippen LogP contribution in [0.3, 0.4) is 0 Å². The standard InChI is InChI=1S/C13H11BrN4OS/c1-7-9-5-8(6-15-12(9)18(2)17-7)16-13(19)11-10(14)3-4-20-11/h3-6H,1-2H3,(H,16,19). The van der Waals surface area contributed by atoms with Gasteiger partial charge in [-0.2, -0.15) is 5.10 Å². The van der Waals surface area contributed by atoms with Crippen molar-refractivity contribution in [1.29, 1.82) is 0 Å². The number of halogens is 1. The number of aryl methyl sites for hydroxylation is 2. The molecule has 0 aliphatic heterocycles. The fraction of sp³-hybridized carbons (Fsp3) is 0.154. The minimum absolute atomic E-state index is 0.144. The maximum Gasteiger partial charge on any atom is 0.266 e. The molecule has 0 saturated carbocycles. The Morgan fingerprint density at radius 2 is 2.30 bits per heavy atom. The molecule has 3 aromatic heterocycles. The highest BCUT2D eigenvalue weighted by molar-refractivity contribution is 9.10. The zero-order valence-corrected chi connectivity index (χ0v) is 13.2. The zero-order chi connectivity index (χ0) is 14.3. The molecule has 0 atom stereocenters. The summed E-state index contributed by atoms with van der Waals surface area (Å²) in [6.07, 6.45) is 1.64. The number of carbonyl (C=O) groups is 1. The average molecular weight is 351 g/mol. The molecule has 20 heavy (non-hydrogen) atoms. The van der Waals surface area contributed by atoms with Crippen molar-refractivity contribution < 1.29 is 4.79 Å². The maximum atomic E-state index is 12.1. The second-order valence-corrected chi connectivity index (χ2v) is 6.13. The number of thiophene rings is 1. The Bertz CT molecular complexity index is 808. The molecule has 0 unspecified atom stereocenters. The molecule has 5 nitrogen and oxygen atoms in total. The Morgan fingerprint density at radius 1 is 1.50 bits per heavy atom. The lowest BCUT2D eigenvalue weighted by atomic mass is 10.2. The predicted molar refractivity (Wildman–Crippen MR) is 83.2 cm³/mol. The molecule has 102 valence electrons. The van der Waals surface area contributed by atoms with Gasteiger partial charge in [-0.15, -0.1) is 11.3 Å². The molecule has 3 aromatic rings. The van der Waals surface area contributed by atoms with Gasteiger partial charge in [0, 0.05) is 16.9 Å². The summed E-state index contributed by atoms with van der Waals surface area (Å²) in [7, 11) is 1.85. The molecule has 0 saturated heterocycles. The number of hydrogen-bond acceptors (Lipinski definition) is 4. The predicted octanol–water partition coefficient (Wildman–Crippen LogP) is 3.35. The lowest BCUT2D eigenvalue weighted by Gasteiger charge is -2.04. The van der Waals surface area contributed by atoms with Gasteiger partial charge in [-0.05, 0) is 40.4 Å². The molecule has 0 aromatic carbocycles. The summed E-state index contributed by atoms with van der Waals surface area (Å²) in [6.45, 7) is 1.92. The first-order valence-electron chi connectivity index (χ1n) is 5.90. The first-order valence-corrected chi connectivity index (χ1v) is 7.57. The Hall–Kier alpha value is -1.73. The second-order valence-electron chi connectivity index (χ2n) is 4.36. The summed E-state index contributed by atoms with van der Waals surface area (Å²) in [4.78, 5) is 17.1. The van der Waals surface area contributed by atoms with Crippen LogP contribution in [-0.4, -0.2) is 20.7 Å². The van der Waals surface area contributed by atoms with E-state index in [4.69, 9.17) is 0 Å². The molecule has 0 spiro atoms. The SMILES string of the molecule is Cc1nn(C)c2ncc(NC(=O)c3sccc3Br)cc12. The van der Waals surface area contributed by atoms with E-state index in [-0.39, 0.29) is 5.91 Å². The van der Waals surface area contributed by atoms with Crippen LogP contribution >= 0.6 is 27.3 Å². The van der Waals surface area contributed by atoms with Gasteiger partial charge in [-0.1, -0.05) is 0 Å². The molecule has 1 amide bonds. The molecule has 3 heterocycles. The molecule has 0 aliphatic rings. The Morgan fingerprint density at radius 3 is 3.00 bits per heavy atom. The number of amides is 1. The van der Waals surface area contributed by atoms with Crippen molar-refractivity contribution in [3.8, 4) is 0 Å². The minimum atomic E-state index is -0.144. The fourth-order valence-electron chi connectivity index (χ4n) is 2.02. The summed E-state index contributed by atoms with van der Waals surface area (Å²) in [6, 6.07) is 3.75. The van der Waals surface area contributed by atoms with E-state index < -0.39 is 0 Å². The smallest absolute Gasteiger partial charge is 0.266 e. The van der Waals surface area contributed by atoms with E-state index in [1.807, 2.05) is 31.5 Å². The van der Waals surface area contributed by atoms with Crippen LogP contribution in [-0.2, 0) is 7.05 Å². The molecule has 0 radical (unpaired) electrons. The third-order valence-electron chi connectivity index (χ3n) is 2.94. The molecule has 0 aliphatic carbocycles. The van der Waals surface area contributed by atoms with Crippen LogP contribution in [0.4, 0.5) is 5.69 Å². The van der Waals surface area contributed by atoms with Crippen molar-refractivity contribution in [2.45, 2.75) is 6.92 Å². The summed E-state index contributed by atoms with van der Waals surface area (Å²) in [5.41, 5.74) is 2.36. The maximum absolute atomic E-state index is 12.1. The van der Waals surface area contributed by atoms with Crippen molar-refractivity contribution >= 4 is 49.9 Å². The number of pyridine rings is 1. The third kappa shape index (κ3) is 2.23. The van der Waals surface area contributed by atoms with E-state index in [1.165, 1.54) is 11.3 Å². The summed E-state index contributed by atoms with van der Waals surface area (Å²) >= 11 is 4.75. The lowest BCUT2D eigenvalue weighted by Crippen LogP contribution is -2.10. The summed E-state index contributed by atoms with van der Waals surface area (Å²) in [5, 5.41) is 9.97. The molecule has 0 bridgehead atoms. The van der Waals surface area contributed by atoms with Crippen LogP contribution < -0.4 is 5.32 Å². The van der Waals surface area contributed by atoms with Crippen LogP contribution in [0.1, 0.15) is 15.4 Å². The normalized spacial score (nSPS) is 10.9. The largest absolute Gasteiger partial charge is 0.320 e. The van der Waals surface area contributed by atoms with Crippen LogP contribution in [0.5, 0.6) is 0 Å². The zero-order valence-electron chi connectivity index (χ0n) is 10.8. The molecule has 0 fully saturated rings. The summed E-state index contributed by atoms with van der Waals surface area (Å²) < 4.78 is 2.53. The molecular formula is C13H11BrN4OS. The van der Waals surface area contributed by atoms with Gasteiger partial charge in [-0.3, -0.25) is 9.48 Å². The highest BCUT2D eigenvalue weighted by Crippen LogP contribution is 2.25. The quantitative estimate of drug-likeness (QED) is 0.770. The van der Waals surface area contributed by atoms with Gasteiger partial charge >= 0.3 is 0 Å². The van der Waals surface area contributed by atoms with Crippen molar-refractivity contribution in [1.82, 2.24) is 14.8 Å². The average Bonchev–Trinajstić information content (AvgIpc) is 2.95. The van der Waals surface area contributed by atoms with Gasteiger partial charge in [0.25, 0.3) is 5.91 Å². The molecule has 1 N–H and O–H groups in total. The number of aromatic nitrogens is 3. The molecule has 3 rings (SSSR count). The number of fused-ring (bicyclic) bond motifs is 1. The van der Waals surface area contributed by atoms with Crippen molar-refractivity contribution in [2.75, 3.05) is 5.32 Å². The second kappa shape index (κ2) is 4.99. The van der Waals surface area contributed by atoms with E-state index in [0.29, 0.717) is 10.6 Å². The number of carbonyl (C=O) groups excluding carboxylic acids is 1. The number of nitrogens with one attached hydrogen (secondary N) is 1. The van der Waals surface area contributed by atoms with Gasteiger partial charge in [-0.25, -0.2) is 4.98 Å². The first kappa shape index (κ1) is 13.3. The number of rotatable bonds is 2. The van der Waals surface area contributed by atoms with E-state index >= 15 is 0 Å². The van der Waals surface area contributed by atoms with Crippen molar-refractivity contribution in [3.05, 3.63) is 38.8 Å². The minimum Gasteiger partial charge on any atom is -0.320 e. The Kier molecular flexibility index (Phi) is 3.31. The van der Waals surface area contributed by atoms with Gasteiger partial charge < -0.3 is 5.32 Å². The van der Waals surface area contributed by atoms with E-state index in [9.17, 15) is 4.79 Å². The van der Waals surface area contributed by atoms with Crippen LogP contribution in [0.15, 0.2) is 28.2 Å². The van der Waals surface area contributed by atoms with Crippen molar-refractivity contribution in [3.63, 3.8) is 0 Å². The molecular weight excluding hydrogens is 340 g/mol. The number of anilines is 1. The Balaban J connectivity index is 1.93. The first-order chi connectivity index (χ1) is 9.56. The number of nitrogens with zero attached hydrogens (tertiary/aromatic N) is 3. The van der Waals surface area contributed by atoms with E-state index in [0.717, 1.165) is 21.2 Å². The fourth-order valence-corrected chi connectivity index (χ4v) is 3.47. The Labute approximate surface area is 127 Å². The molecule has 7 heteroatoms. The van der Waals surface area contributed by atoms with Gasteiger partial charge in [0.2, 0.25) is 0 Å².